The van der Waals surface area contributed by atoms with Gasteiger partial charge in [0, 0.05) is 29.7 Å². The average Bonchev–Trinajstić information content (AvgIpc) is 3.05. The Labute approximate surface area is 149 Å². The first kappa shape index (κ1) is 16.4. The Kier molecular flexibility index (Phi) is 4.60. The fourth-order valence-corrected chi connectivity index (χ4v) is 4.26. The van der Waals surface area contributed by atoms with Crippen LogP contribution in [0.2, 0.25) is 0 Å². The minimum absolute atomic E-state index is 0.0222. The second kappa shape index (κ2) is 7.03. The molecule has 1 atom stereocenters. The quantitative estimate of drug-likeness (QED) is 0.741. The van der Waals surface area contributed by atoms with E-state index >= 15 is 0 Å². The van der Waals surface area contributed by atoms with Crippen LogP contribution in [-0.2, 0) is 13.0 Å². The number of benzene rings is 2. The summed E-state index contributed by atoms with van der Waals surface area (Å²) >= 11 is 0. The molecule has 3 heteroatoms. The van der Waals surface area contributed by atoms with Crippen LogP contribution in [0.5, 0.6) is 0 Å². The van der Waals surface area contributed by atoms with Gasteiger partial charge >= 0.3 is 0 Å². The van der Waals surface area contributed by atoms with Crippen molar-refractivity contribution < 1.29 is 5.11 Å². The van der Waals surface area contributed by atoms with Crippen molar-refractivity contribution in [2.45, 2.75) is 25.8 Å². The topological polar surface area (TPSA) is 39.3 Å². The van der Waals surface area contributed by atoms with Crippen molar-refractivity contribution >= 4 is 10.9 Å². The highest BCUT2D eigenvalue weighted by molar-refractivity contribution is 5.80. The molecule has 1 aliphatic rings. The number of hydrogen-bond acceptors (Lipinski definition) is 2. The van der Waals surface area contributed by atoms with E-state index in [0.29, 0.717) is 0 Å². The summed E-state index contributed by atoms with van der Waals surface area (Å²) < 4.78 is 0. The molecule has 130 valence electrons. The average molecular weight is 334 g/mol. The van der Waals surface area contributed by atoms with Crippen LogP contribution in [0.4, 0.5) is 0 Å². The van der Waals surface area contributed by atoms with Gasteiger partial charge in [0.1, 0.15) is 0 Å². The monoisotopic (exact) mass is 334 g/mol. The molecule has 0 saturated carbocycles. The third-order valence-electron chi connectivity index (χ3n) is 5.48. The first-order valence-electron chi connectivity index (χ1n) is 9.20. The van der Waals surface area contributed by atoms with E-state index in [1.165, 1.54) is 22.2 Å². The number of aliphatic hydroxyl groups is 1. The van der Waals surface area contributed by atoms with E-state index in [2.05, 4.69) is 70.5 Å². The van der Waals surface area contributed by atoms with Gasteiger partial charge in [0.2, 0.25) is 0 Å². The molecule has 1 fully saturated rings. The number of rotatable bonds is 5. The number of aromatic nitrogens is 1. The first-order chi connectivity index (χ1) is 12.3. The number of nitrogens with one attached hydrogen (secondary N) is 1. The Morgan fingerprint density at radius 1 is 1.04 bits per heavy atom. The van der Waals surface area contributed by atoms with Crippen molar-refractivity contribution in [2.24, 2.45) is 5.41 Å². The number of aromatic amines is 1. The van der Waals surface area contributed by atoms with E-state index in [9.17, 15) is 5.11 Å². The molecule has 2 N–H and O–H groups in total. The van der Waals surface area contributed by atoms with E-state index in [-0.39, 0.29) is 12.0 Å². The van der Waals surface area contributed by atoms with Gasteiger partial charge in [-0.25, -0.2) is 0 Å². The number of para-hydroxylation sites is 1. The fraction of sp³-hybridized carbons (Fsp3) is 0.364. The Bertz CT molecular complexity index is 793. The summed E-state index contributed by atoms with van der Waals surface area (Å²) in [5.74, 6) is 0. The third kappa shape index (κ3) is 3.63. The highest BCUT2D eigenvalue weighted by Gasteiger charge is 2.35. The molecule has 1 aromatic heterocycles. The predicted molar refractivity (Wildman–Crippen MR) is 102 cm³/mol. The molecule has 1 saturated heterocycles. The maximum absolute atomic E-state index is 10.2. The number of likely N-dealkylation sites (tertiary alicyclic amines) is 1. The lowest BCUT2D eigenvalue weighted by Gasteiger charge is -2.42. The molecule has 2 heterocycles. The van der Waals surface area contributed by atoms with Crippen LogP contribution in [0.1, 0.15) is 24.1 Å². The minimum Gasteiger partial charge on any atom is -0.396 e. The van der Waals surface area contributed by atoms with Crippen LogP contribution in [0.25, 0.3) is 10.9 Å². The molecular weight excluding hydrogens is 308 g/mol. The zero-order valence-electron chi connectivity index (χ0n) is 14.6. The first-order valence-corrected chi connectivity index (χ1v) is 9.20. The zero-order valence-corrected chi connectivity index (χ0v) is 14.6. The Balaban J connectivity index is 1.49. The molecule has 2 aromatic carbocycles. The lowest BCUT2D eigenvalue weighted by molar-refractivity contribution is 0.0284. The van der Waals surface area contributed by atoms with Gasteiger partial charge in [-0.1, -0.05) is 48.5 Å². The summed E-state index contributed by atoms with van der Waals surface area (Å²) in [6.45, 7) is 3.23. The van der Waals surface area contributed by atoms with Crippen LogP contribution in [0.15, 0.2) is 60.7 Å². The summed E-state index contributed by atoms with van der Waals surface area (Å²) in [7, 11) is 0. The number of fused-ring (bicyclic) bond motifs is 1. The molecule has 4 rings (SSSR count). The Morgan fingerprint density at radius 3 is 2.64 bits per heavy atom. The molecule has 3 aromatic rings. The van der Waals surface area contributed by atoms with Crippen LogP contribution < -0.4 is 0 Å². The van der Waals surface area contributed by atoms with Crippen LogP contribution >= 0.6 is 0 Å². The molecule has 25 heavy (non-hydrogen) atoms. The van der Waals surface area contributed by atoms with Gasteiger partial charge in [0.05, 0.1) is 6.61 Å². The van der Waals surface area contributed by atoms with E-state index < -0.39 is 0 Å². The molecule has 1 unspecified atom stereocenters. The molecular formula is C22H26N2O. The van der Waals surface area contributed by atoms with Crippen molar-refractivity contribution in [3.63, 3.8) is 0 Å². The van der Waals surface area contributed by atoms with Gasteiger partial charge < -0.3 is 10.1 Å². The minimum atomic E-state index is -0.0222. The van der Waals surface area contributed by atoms with Crippen LogP contribution in [0.3, 0.4) is 0 Å². The second-order valence-corrected chi connectivity index (χ2v) is 7.52. The molecule has 0 amide bonds. The third-order valence-corrected chi connectivity index (χ3v) is 5.48. The number of hydrogen-bond donors (Lipinski definition) is 2. The molecule has 0 aliphatic carbocycles. The van der Waals surface area contributed by atoms with Gasteiger partial charge in [-0.15, -0.1) is 0 Å². The zero-order chi connectivity index (χ0) is 17.1. The largest absolute Gasteiger partial charge is 0.396 e. The normalized spacial score (nSPS) is 21.6. The van der Waals surface area contributed by atoms with Crippen molar-refractivity contribution in [1.29, 1.82) is 0 Å². The van der Waals surface area contributed by atoms with Gasteiger partial charge in [0.25, 0.3) is 0 Å². The van der Waals surface area contributed by atoms with E-state index in [0.717, 1.165) is 38.9 Å². The van der Waals surface area contributed by atoms with E-state index in [1.54, 1.807) is 0 Å². The second-order valence-electron chi connectivity index (χ2n) is 7.52. The van der Waals surface area contributed by atoms with E-state index in [4.69, 9.17) is 0 Å². The predicted octanol–water partition coefficient (Wildman–Crippen LogP) is 3.99. The lowest BCUT2D eigenvalue weighted by Crippen LogP contribution is -2.46. The standard InChI is InChI=1S/C22H26N2O/c25-17-22(14-18-7-2-1-3-8-18)11-6-12-24(16-22)15-20-13-19-9-4-5-10-21(19)23-20/h1-5,7-10,13,23,25H,6,11-12,14-17H2. The van der Waals surface area contributed by atoms with E-state index in [1.807, 2.05) is 0 Å². The fourth-order valence-electron chi connectivity index (χ4n) is 4.26. The highest BCUT2D eigenvalue weighted by Crippen LogP contribution is 2.34. The summed E-state index contributed by atoms with van der Waals surface area (Å²) in [4.78, 5) is 6.03. The summed E-state index contributed by atoms with van der Waals surface area (Å²) in [5.41, 5.74) is 3.76. The van der Waals surface area contributed by atoms with Crippen molar-refractivity contribution in [3.8, 4) is 0 Å². The molecule has 0 radical (unpaired) electrons. The van der Waals surface area contributed by atoms with Gasteiger partial charge in [0.15, 0.2) is 0 Å². The molecule has 1 aliphatic heterocycles. The SMILES string of the molecule is OCC1(Cc2ccccc2)CCCN(Cc2cc3ccccc3[nH]2)C1. The van der Waals surface area contributed by atoms with Gasteiger partial charge in [-0.05, 0) is 48.9 Å². The maximum atomic E-state index is 10.2. The number of piperidine rings is 1. The van der Waals surface area contributed by atoms with Crippen molar-refractivity contribution in [1.82, 2.24) is 9.88 Å². The Hall–Kier alpha value is -2.10. The lowest BCUT2D eigenvalue weighted by atomic mass is 9.75. The molecule has 3 nitrogen and oxygen atoms in total. The van der Waals surface area contributed by atoms with Crippen LogP contribution in [-0.4, -0.2) is 34.7 Å². The number of H-pyrrole nitrogens is 1. The van der Waals surface area contributed by atoms with Crippen molar-refractivity contribution in [2.75, 3.05) is 19.7 Å². The summed E-state index contributed by atoms with van der Waals surface area (Å²) in [6.07, 6.45) is 3.20. The highest BCUT2D eigenvalue weighted by atomic mass is 16.3. The smallest absolute Gasteiger partial charge is 0.0502 e. The number of nitrogens with zero attached hydrogens (tertiary/aromatic N) is 1. The molecule has 0 spiro atoms. The summed E-state index contributed by atoms with van der Waals surface area (Å²) in [5, 5.41) is 11.4. The summed E-state index contributed by atoms with van der Waals surface area (Å²) in [6, 6.07) is 21.3. The van der Waals surface area contributed by atoms with Crippen molar-refractivity contribution in [3.05, 3.63) is 71.9 Å². The maximum Gasteiger partial charge on any atom is 0.0502 e. The molecule has 0 bridgehead atoms. The number of aliphatic hydroxyl groups excluding tert-OH is 1. The van der Waals surface area contributed by atoms with Gasteiger partial charge in [-0.3, -0.25) is 4.90 Å². The van der Waals surface area contributed by atoms with Crippen LogP contribution in [0, 0.1) is 5.41 Å². The van der Waals surface area contributed by atoms with Gasteiger partial charge in [-0.2, -0.15) is 0 Å². The Morgan fingerprint density at radius 2 is 1.84 bits per heavy atom.